The number of anilines is 1. The predicted molar refractivity (Wildman–Crippen MR) is 76.5 cm³/mol. The van der Waals surface area contributed by atoms with Crippen LogP contribution in [-0.4, -0.2) is 22.4 Å². The van der Waals surface area contributed by atoms with Gasteiger partial charge < -0.3 is 11.1 Å². The fraction of sp³-hybridized carbons (Fsp3) is 0.250. The van der Waals surface area contributed by atoms with Crippen molar-refractivity contribution in [1.29, 1.82) is 0 Å². The summed E-state index contributed by atoms with van der Waals surface area (Å²) in [6.45, 7) is 2.44. The zero-order valence-corrected chi connectivity index (χ0v) is 11.9. The Balaban J connectivity index is 1.92. The molecule has 0 spiro atoms. The molecule has 0 aliphatic carbocycles. The Morgan fingerprint density at radius 3 is 3.05 bits per heavy atom. The summed E-state index contributed by atoms with van der Waals surface area (Å²) in [7, 11) is 0. The number of thiazole rings is 1. The van der Waals surface area contributed by atoms with E-state index in [0.717, 1.165) is 10.7 Å². The van der Waals surface area contributed by atoms with E-state index in [-0.39, 0.29) is 16.6 Å². The summed E-state index contributed by atoms with van der Waals surface area (Å²) in [6.07, 6.45) is 2.11. The van der Waals surface area contributed by atoms with Crippen molar-refractivity contribution in [1.82, 2.24) is 15.3 Å². The highest BCUT2D eigenvalue weighted by Gasteiger charge is 2.11. The number of halogens is 1. The van der Waals surface area contributed by atoms with Gasteiger partial charge in [-0.3, -0.25) is 4.79 Å². The number of carbonyl (C=O) groups excluding carboxylic acids is 1. The summed E-state index contributed by atoms with van der Waals surface area (Å²) in [5.41, 5.74) is 7.27. The van der Waals surface area contributed by atoms with Crippen LogP contribution in [0.15, 0.2) is 17.6 Å². The smallest absolute Gasteiger partial charge is 0.254 e. The second-order valence-corrected chi connectivity index (χ2v) is 5.30. The van der Waals surface area contributed by atoms with E-state index in [2.05, 4.69) is 15.3 Å². The van der Waals surface area contributed by atoms with E-state index >= 15 is 0 Å². The van der Waals surface area contributed by atoms with Crippen molar-refractivity contribution >= 4 is 34.5 Å². The standard InChI is InChI=1S/C12H13ClN4OS/c1-7-6-19-10(17-7)2-3-15-12(18)9-4-8(14)5-16-11(9)13/h4-6H,2-3,14H2,1H3,(H,15,18). The van der Waals surface area contributed by atoms with E-state index in [9.17, 15) is 4.79 Å². The Morgan fingerprint density at radius 1 is 1.58 bits per heavy atom. The average molecular weight is 297 g/mol. The lowest BCUT2D eigenvalue weighted by atomic mass is 10.2. The minimum absolute atomic E-state index is 0.150. The van der Waals surface area contributed by atoms with Crippen LogP contribution in [0, 0.1) is 6.92 Å². The van der Waals surface area contributed by atoms with Crippen molar-refractivity contribution in [2.75, 3.05) is 12.3 Å². The summed E-state index contributed by atoms with van der Waals surface area (Å²) >= 11 is 7.43. The first-order chi connectivity index (χ1) is 9.06. The summed E-state index contributed by atoms with van der Waals surface area (Å²) < 4.78 is 0. The van der Waals surface area contributed by atoms with Crippen LogP contribution in [0.4, 0.5) is 5.69 Å². The summed E-state index contributed by atoms with van der Waals surface area (Å²) in [5, 5.41) is 5.90. The number of rotatable bonds is 4. The van der Waals surface area contributed by atoms with Gasteiger partial charge in [0.2, 0.25) is 0 Å². The van der Waals surface area contributed by atoms with E-state index in [0.29, 0.717) is 18.7 Å². The van der Waals surface area contributed by atoms with Crippen molar-refractivity contribution < 1.29 is 4.79 Å². The zero-order valence-electron chi connectivity index (χ0n) is 10.3. The summed E-state index contributed by atoms with van der Waals surface area (Å²) in [4.78, 5) is 20.1. The molecule has 19 heavy (non-hydrogen) atoms. The molecule has 0 unspecified atom stereocenters. The Labute approximate surface area is 119 Å². The second-order valence-electron chi connectivity index (χ2n) is 4.00. The molecule has 2 aromatic heterocycles. The van der Waals surface area contributed by atoms with Crippen molar-refractivity contribution in [3.05, 3.63) is 39.1 Å². The molecule has 7 heteroatoms. The van der Waals surface area contributed by atoms with Gasteiger partial charge in [0.25, 0.3) is 5.91 Å². The van der Waals surface area contributed by atoms with E-state index in [4.69, 9.17) is 17.3 Å². The molecular formula is C12H13ClN4OS. The Kier molecular flexibility index (Phi) is 4.34. The molecular weight excluding hydrogens is 284 g/mol. The Morgan fingerprint density at radius 2 is 2.37 bits per heavy atom. The van der Waals surface area contributed by atoms with Gasteiger partial charge in [-0.1, -0.05) is 11.6 Å². The third kappa shape index (κ3) is 3.65. The number of amides is 1. The quantitative estimate of drug-likeness (QED) is 0.846. The number of nitrogens with zero attached hydrogens (tertiary/aromatic N) is 2. The average Bonchev–Trinajstić information content (AvgIpc) is 2.78. The highest BCUT2D eigenvalue weighted by Crippen LogP contribution is 2.15. The molecule has 100 valence electrons. The number of nitrogens with one attached hydrogen (secondary N) is 1. The van der Waals surface area contributed by atoms with Gasteiger partial charge in [-0.15, -0.1) is 11.3 Å². The number of nitrogens with two attached hydrogens (primary N) is 1. The predicted octanol–water partition coefficient (Wildman–Crippen LogP) is 2.05. The van der Waals surface area contributed by atoms with Gasteiger partial charge in [0.15, 0.2) is 0 Å². The van der Waals surface area contributed by atoms with Gasteiger partial charge in [-0.25, -0.2) is 9.97 Å². The van der Waals surface area contributed by atoms with E-state index in [1.165, 1.54) is 12.3 Å². The number of aromatic nitrogens is 2. The van der Waals surface area contributed by atoms with Gasteiger partial charge in [0.05, 0.1) is 22.5 Å². The number of hydrogen-bond acceptors (Lipinski definition) is 5. The third-order valence-corrected chi connectivity index (χ3v) is 3.72. The zero-order chi connectivity index (χ0) is 13.8. The van der Waals surface area contributed by atoms with Crippen molar-refractivity contribution in [3.63, 3.8) is 0 Å². The lowest BCUT2D eigenvalue weighted by Crippen LogP contribution is -2.26. The van der Waals surface area contributed by atoms with E-state index < -0.39 is 0 Å². The summed E-state index contributed by atoms with van der Waals surface area (Å²) in [6, 6.07) is 1.51. The molecule has 0 saturated heterocycles. The molecule has 1 amide bonds. The van der Waals surface area contributed by atoms with Gasteiger partial charge in [0.1, 0.15) is 5.15 Å². The van der Waals surface area contributed by atoms with Crippen LogP contribution in [0.25, 0.3) is 0 Å². The molecule has 2 rings (SSSR count). The van der Waals surface area contributed by atoms with Crippen LogP contribution < -0.4 is 11.1 Å². The fourth-order valence-corrected chi connectivity index (χ4v) is 2.48. The fourth-order valence-electron chi connectivity index (χ4n) is 1.52. The molecule has 3 N–H and O–H groups in total. The molecule has 2 aromatic rings. The second kappa shape index (κ2) is 5.99. The highest BCUT2D eigenvalue weighted by molar-refractivity contribution is 7.09. The maximum atomic E-state index is 11.9. The molecule has 0 radical (unpaired) electrons. The van der Waals surface area contributed by atoms with Crippen molar-refractivity contribution in [3.8, 4) is 0 Å². The topological polar surface area (TPSA) is 80.9 Å². The van der Waals surface area contributed by atoms with Crippen LogP contribution in [0.1, 0.15) is 21.1 Å². The van der Waals surface area contributed by atoms with Crippen molar-refractivity contribution in [2.24, 2.45) is 0 Å². The number of aryl methyl sites for hydroxylation is 1. The SMILES string of the molecule is Cc1csc(CCNC(=O)c2cc(N)cnc2Cl)n1. The normalized spacial score (nSPS) is 10.4. The molecule has 0 atom stereocenters. The minimum Gasteiger partial charge on any atom is -0.397 e. The first kappa shape index (κ1) is 13.8. The molecule has 0 bridgehead atoms. The number of pyridine rings is 1. The maximum absolute atomic E-state index is 11.9. The van der Waals surface area contributed by atoms with E-state index in [1.54, 1.807) is 11.3 Å². The lowest BCUT2D eigenvalue weighted by Gasteiger charge is -2.06. The molecule has 2 heterocycles. The lowest BCUT2D eigenvalue weighted by molar-refractivity contribution is 0.0954. The van der Waals surface area contributed by atoms with Gasteiger partial charge >= 0.3 is 0 Å². The molecule has 5 nitrogen and oxygen atoms in total. The van der Waals surface area contributed by atoms with Crippen LogP contribution in [-0.2, 0) is 6.42 Å². The van der Waals surface area contributed by atoms with Gasteiger partial charge in [-0.05, 0) is 13.0 Å². The molecule has 0 aromatic carbocycles. The molecule has 0 aliphatic rings. The Hall–Kier alpha value is -1.66. The number of hydrogen-bond donors (Lipinski definition) is 2. The minimum atomic E-state index is -0.280. The van der Waals surface area contributed by atoms with E-state index in [1.807, 2.05) is 12.3 Å². The first-order valence-electron chi connectivity index (χ1n) is 5.66. The molecule has 0 saturated carbocycles. The molecule has 0 aliphatic heterocycles. The van der Waals surface area contributed by atoms with Crippen molar-refractivity contribution in [2.45, 2.75) is 13.3 Å². The van der Waals surface area contributed by atoms with Crippen LogP contribution in [0.3, 0.4) is 0 Å². The van der Waals surface area contributed by atoms with Gasteiger partial charge in [-0.2, -0.15) is 0 Å². The highest BCUT2D eigenvalue weighted by atomic mass is 35.5. The maximum Gasteiger partial charge on any atom is 0.254 e. The largest absolute Gasteiger partial charge is 0.397 e. The summed E-state index contributed by atoms with van der Waals surface area (Å²) in [5.74, 6) is -0.280. The first-order valence-corrected chi connectivity index (χ1v) is 6.92. The molecule has 0 fully saturated rings. The van der Waals surface area contributed by atoms with Crippen LogP contribution >= 0.6 is 22.9 Å². The third-order valence-electron chi connectivity index (χ3n) is 2.40. The monoisotopic (exact) mass is 296 g/mol. The van der Waals surface area contributed by atoms with Crippen LogP contribution in [0.2, 0.25) is 5.15 Å². The number of carbonyl (C=O) groups is 1. The van der Waals surface area contributed by atoms with Crippen LogP contribution in [0.5, 0.6) is 0 Å². The number of nitrogen functional groups attached to an aromatic ring is 1. The van der Waals surface area contributed by atoms with Gasteiger partial charge in [0, 0.05) is 24.0 Å². The Bertz CT molecular complexity index is 599.